The van der Waals surface area contributed by atoms with Crippen LogP contribution in [0.15, 0.2) is 18.5 Å². The fraction of sp³-hybridized carbons (Fsp3) is 0.643. The van der Waals surface area contributed by atoms with Crippen LogP contribution < -0.4 is 10.6 Å². The largest absolute Gasteiger partial charge is 0.339 e. The molecular weight excluding hydrogens is 254 g/mol. The van der Waals surface area contributed by atoms with E-state index in [0.717, 1.165) is 45.0 Å². The number of amides is 1. The zero-order valence-electron chi connectivity index (χ0n) is 12.0. The predicted molar refractivity (Wildman–Crippen MR) is 78.3 cm³/mol. The van der Waals surface area contributed by atoms with E-state index in [0.29, 0.717) is 6.42 Å². The standard InChI is InChI=1S/C14H23N5O/c1-12(15)4-2-5-13(20)18-8-10-19(11-9-18)14-16-6-3-7-17-14/h3,6-7,12H,2,4-5,8-11,15H2,1H3. The Morgan fingerprint density at radius 2 is 1.95 bits per heavy atom. The number of nitrogens with two attached hydrogens (primary N) is 1. The molecule has 1 aliphatic heterocycles. The van der Waals surface area contributed by atoms with Crippen LogP contribution >= 0.6 is 0 Å². The highest BCUT2D eigenvalue weighted by atomic mass is 16.2. The minimum absolute atomic E-state index is 0.176. The quantitative estimate of drug-likeness (QED) is 0.855. The van der Waals surface area contributed by atoms with E-state index in [9.17, 15) is 4.79 Å². The number of nitrogens with zero attached hydrogens (tertiary/aromatic N) is 4. The lowest BCUT2D eigenvalue weighted by atomic mass is 10.1. The third-order valence-corrected chi connectivity index (χ3v) is 3.52. The Morgan fingerprint density at radius 1 is 1.30 bits per heavy atom. The highest BCUT2D eigenvalue weighted by Gasteiger charge is 2.21. The van der Waals surface area contributed by atoms with Gasteiger partial charge in [-0.15, -0.1) is 0 Å². The molecule has 1 aliphatic rings. The van der Waals surface area contributed by atoms with Crippen LogP contribution in [0.4, 0.5) is 5.95 Å². The minimum atomic E-state index is 0.176. The average molecular weight is 277 g/mol. The first-order valence-electron chi connectivity index (χ1n) is 7.22. The van der Waals surface area contributed by atoms with Gasteiger partial charge in [0.05, 0.1) is 0 Å². The van der Waals surface area contributed by atoms with Crippen LogP contribution in [0.2, 0.25) is 0 Å². The molecule has 1 amide bonds. The summed E-state index contributed by atoms with van der Waals surface area (Å²) in [6, 6.07) is 1.98. The lowest BCUT2D eigenvalue weighted by Crippen LogP contribution is -2.49. The summed E-state index contributed by atoms with van der Waals surface area (Å²) in [6.45, 7) is 5.06. The van der Waals surface area contributed by atoms with E-state index in [4.69, 9.17) is 5.73 Å². The summed E-state index contributed by atoms with van der Waals surface area (Å²) in [4.78, 5) is 24.6. The lowest BCUT2D eigenvalue weighted by molar-refractivity contribution is -0.131. The van der Waals surface area contributed by atoms with E-state index in [-0.39, 0.29) is 11.9 Å². The summed E-state index contributed by atoms with van der Waals surface area (Å²) in [5, 5.41) is 0. The number of rotatable bonds is 5. The molecule has 110 valence electrons. The van der Waals surface area contributed by atoms with Gasteiger partial charge in [0, 0.05) is 51.0 Å². The molecule has 0 aliphatic carbocycles. The molecule has 1 aromatic heterocycles. The molecule has 0 bridgehead atoms. The number of carbonyl (C=O) groups excluding carboxylic acids is 1. The molecule has 1 aromatic rings. The van der Waals surface area contributed by atoms with Gasteiger partial charge in [-0.2, -0.15) is 0 Å². The summed E-state index contributed by atoms with van der Waals surface area (Å²) in [5.74, 6) is 0.982. The second-order valence-electron chi connectivity index (χ2n) is 5.29. The van der Waals surface area contributed by atoms with E-state index in [1.54, 1.807) is 12.4 Å². The Hall–Kier alpha value is -1.69. The van der Waals surface area contributed by atoms with Crippen molar-refractivity contribution in [3.8, 4) is 0 Å². The zero-order chi connectivity index (χ0) is 14.4. The first-order chi connectivity index (χ1) is 9.66. The van der Waals surface area contributed by atoms with Gasteiger partial charge in [-0.25, -0.2) is 9.97 Å². The highest BCUT2D eigenvalue weighted by molar-refractivity contribution is 5.76. The maximum Gasteiger partial charge on any atom is 0.225 e. The molecule has 0 aromatic carbocycles. The van der Waals surface area contributed by atoms with Crippen molar-refractivity contribution in [3.05, 3.63) is 18.5 Å². The van der Waals surface area contributed by atoms with Crippen molar-refractivity contribution in [1.29, 1.82) is 0 Å². The lowest BCUT2D eigenvalue weighted by Gasteiger charge is -2.34. The monoisotopic (exact) mass is 277 g/mol. The van der Waals surface area contributed by atoms with Gasteiger partial charge in [0.2, 0.25) is 11.9 Å². The molecule has 1 atom stereocenters. The molecule has 1 saturated heterocycles. The first kappa shape index (κ1) is 14.7. The van der Waals surface area contributed by atoms with E-state index in [1.807, 2.05) is 17.9 Å². The van der Waals surface area contributed by atoms with Crippen LogP contribution in [0.5, 0.6) is 0 Å². The highest BCUT2D eigenvalue weighted by Crippen LogP contribution is 2.11. The van der Waals surface area contributed by atoms with E-state index in [2.05, 4.69) is 14.9 Å². The maximum absolute atomic E-state index is 12.1. The van der Waals surface area contributed by atoms with Crippen LogP contribution in [0.25, 0.3) is 0 Å². The van der Waals surface area contributed by atoms with Crippen molar-refractivity contribution in [3.63, 3.8) is 0 Å². The van der Waals surface area contributed by atoms with Crippen LogP contribution in [0.3, 0.4) is 0 Å². The first-order valence-corrected chi connectivity index (χ1v) is 7.22. The van der Waals surface area contributed by atoms with Crippen molar-refractivity contribution in [2.75, 3.05) is 31.1 Å². The van der Waals surface area contributed by atoms with Gasteiger partial charge >= 0.3 is 0 Å². The Labute approximate surface area is 120 Å². The number of piperazine rings is 1. The van der Waals surface area contributed by atoms with Gasteiger partial charge in [-0.1, -0.05) is 0 Å². The van der Waals surface area contributed by atoms with Gasteiger partial charge < -0.3 is 15.5 Å². The Morgan fingerprint density at radius 3 is 2.55 bits per heavy atom. The molecule has 6 nitrogen and oxygen atoms in total. The van der Waals surface area contributed by atoms with Crippen molar-refractivity contribution in [2.24, 2.45) is 5.73 Å². The normalized spacial score (nSPS) is 17.1. The Kier molecular flexibility index (Phi) is 5.29. The zero-order valence-corrected chi connectivity index (χ0v) is 12.0. The number of anilines is 1. The van der Waals surface area contributed by atoms with Crippen LogP contribution in [-0.4, -0.2) is 53.0 Å². The fourth-order valence-corrected chi connectivity index (χ4v) is 2.34. The van der Waals surface area contributed by atoms with Crippen LogP contribution in [-0.2, 0) is 4.79 Å². The topological polar surface area (TPSA) is 75.4 Å². The number of hydrogen-bond acceptors (Lipinski definition) is 5. The van der Waals surface area contributed by atoms with Gasteiger partial charge in [0.25, 0.3) is 0 Å². The Balaban J connectivity index is 1.75. The molecule has 0 radical (unpaired) electrons. The third-order valence-electron chi connectivity index (χ3n) is 3.52. The molecule has 0 saturated carbocycles. The van der Waals surface area contributed by atoms with Gasteiger partial charge in [-0.05, 0) is 25.8 Å². The van der Waals surface area contributed by atoms with Gasteiger partial charge in [-0.3, -0.25) is 4.79 Å². The second kappa shape index (κ2) is 7.19. The van der Waals surface area contributed by atoms with Crippen molar-refractivity contribution < 1.29 is 4.79 Å². The molecule has 2 heterocycles. The molecule has 2 N–H and O–H groups in total. The molecule has 1 unspecified atom stereocenters. The summed E-state index contributed by atoms with van der Waals surface area (Å²) in [7, 11) is 0. The summed E-state index contributed by atoms with van der Waals surface area (Å²) in [5.41, 5.74) is 5.69. The minimum Gasteiger partial charge on any atom is -0.339 e. The SMILES string of the molecule is CC(N)CCCC(=O)N1CCN(c2ncccn2)CC1. The maximum atomic E-state index is 12.1. The Bertz CT molecular complexity index is 415. The van der Waals surface area contributed by atoms with Crippen LogP contribution in [0.1, 0.15) is 26.2 Å². The van der Waals surface area contributed by atoms with Gasteiger partial charge in [0.15, 0.2) is 0 Å². The average Bonchev–Trinajstić information content (AvgIpc) is 2.48. The molecule has 1 fully saturated rings. The van der Waals surface area contributed by atoms with Gasteiger partial charge in [0.1, 0.15) is 0 Å². The number of carbonyl (C=O) groups is 1. The smallest absolute Gasteiger partial charge is 0.225 e. The molecule has 0 spiro atoms. The summed E-state index contributed by atoms with van der Waals surface area (Å²) < 4.78 is 0. The predicted octanol–water partition coefficient (Wildman–Crippen LogP) is 0.643. The summed E-state index contributed by atoms with van der Waals surface area (Å²) >= 11 is 0. The molecule has 20 heavy (non-hydrogen) atoms. The van der Waals surface area contributed by atoms with E-state index in [1.165, 1.54) is 0 Å². The number of aromatic nitrogens is 2. The number of hydrogen-bond donors (Lipinski definition) is 1. The summed E-state index contributed by atoms with van der Waals surface area (Å²) in [6.07, 6.45) is 5.87. The molecular formula is C14H23N5O. The van der Waals surface area contributed by atoms with Crippen molar-refractivity contribution >= 4 is 11.9 Å². The van der Waals surface area contributed by atoms with E-state index < -0.39 is 0 Å². The second-order valence-corrected chi connectivity index (χ2v) is 5.29. The van der Waals surface area contributed by atoms with Crippen molar-refractivity contribution in [2.45, 2.75) is 32.2 Å². The van der Waals surface area contributed by atoms with Crippen molar-refractivity contribution in [1.82, 2.24) is 14.9 Å². The molecule has 6 heteroatoms. The van der Waals surface area contributed by atoms with Crippen LogP contribution in [0, 0.1) is 0 Å². The fourth-order valence-electron chi connectivity index (χ4n) is 2.34. The molecule has 2 rings (SSSR count). The third kappa shape index (κ3) is 4.16. The van der Waals surface area contributed by atoms with E-state index >= 15 is 0 Å².